The maximum absolute atomic E-state index is 14.4. The van der Waals surface area contributed by atoms with Crippen molar-refractivity contribution in [2.24, 2.45) is 14.1 Å². The van der Waals surface area contributed by atoms with Crippen LogP contribution in [-0.4, -0.2) is 47.2 Å². The van der Waals surface area contributed by atoms with E-state index in [2.05, 4.69) is 271 Å². The topological polar surface area (TPSA) is 95.1 Å². The molecule has 0 N–H and O–H groups in total. The number of nitriles is 1. The zero-order valence-electron chi connectivity index (χ0n) is 70.9. The summed E-state index contributed by atoms with van der Waals surface area (Å²) in [7, 11) is 2.42. The molecule has 4 heterocycles. The molecule has 4 radical (unpaired) electrons. The van der Waals surface area contributed by atoms with Crippen molar-refractivity contribution in [1.29, 1.82) is 5.26 Å². The molecule has 0 aliphatic heterocycles. The molecule has 0 amide bonds. The predicted molar refractivity (Wildman–Crippen MR) is 462 cm³/mol. The maximum atomic E-state index is 14.4. The standard InChI is InChI=1S/C27H26FN2.C25H33N2Si.C24H28FN2.C23H24N3.4Ir/c1-18(2)22-11-8-12-23(19(3)4)27(22)25-17-20(28)13-14-24(25)26-15-16-30(29-26)21-9-6-5-7-10-21;1-17(2)20-10-9-11-21(18(3)4)25(20)23-16-19(28(6,7)8)12-13-22(23)24-14-15-27(5)26-24;1-15(2)19-8-7-9-20(16(3)4)24(19)22-14-18(25)10-11-21(22)23-12-13-27(26-23)17(5)6;1-15(2)18-7-6-8-19(16(3)4)23(18)21-13-17(14-24)9-10-20(21)22-11-12-26(5)25-22;;;;/h5-13,15-19H,1-4H3;9-12,14-18H,1-8H3;7-10,12-17H,1-6H3;6-9,11-13,15-16H,1-5H3;;;;/q4*-1;;;;. The van der Waals surface area contributed by atoms with E-state index < -0.39 is 8.07 Å². The minimum absolute atomic E-state index is 0. The molecule has 13 aromatic rings. The molecule has 610 valence electrons. The summed E-state index contributed by atoms with van der Waals surface area (Å²) in [5, 5.41) is 29.6. The smallest absolute Gasteiger partial charge is 0.0636 e. The van der Waals surface area contributed by atoms with E-state index in [9.17, 15) is 14.0 Å². The summed E-state index contributed by atoms with van der Waals surface area (Å²) in [6.07, 6.45) is 7.85. The Morgan fingerprint density at radius 1 is 0.348 bits per heavy atom. The Morgan fingerprint density at radius 3 is 0.965 bits per heavy atom. The van der Waals surface area contributed by atoms with E-state index in [-0.39, 0.29) is 98.1 Å². The van der Waals surface area contributed by atoms with Crippen LogP contribution in [0.3, 0.4) is 0 Å². The number of para-hydroxylation sites is 1. The fourth-order valence-corrected chi connectivity index (χ4v) is 15.6. The van der Waals surface area contributed by atoms with Crippen molar-refractivity contribution in [3.05, 3.63) is 287 Å². The van der Waals surface area contributed by atoms with E-state index in [1.54, 1.807) is 22.9 Å². The fourth-order valence-electron chi connectivity index (χ4n) is 14.6. The second kappa shape index (κ2) is 42.4. The Bertz CT molecular complexity index is 5290. The van der Waals surface area contributed by atoms with Crippen LogP contribution in [0, 0.1) is 47.2 Å². The SMILES string of the molecule is CC(C)c1cccc(C(C)C)c1-c1cc(C#N)c[c-]c1-c1ccn(C)n1.CC(C)c1cccc(C(C)C)c1-c1cc(F)c[c-]c1-c1ccn(-c2ccccc2)n1.CC(C)c1cccc(C(C)C)c1-c1cc(F)c[c-]c1-c1ccn(C(C)C)n1.CC(C)c1cccc(C(C)C)c1-c1cc([Si](C)(C)C)c[c-]c1-c1ccn(C)n1.[Ir].[Ir].[Ir].[Ir]. The van der Waals surface area contributed by atoms with Crippen LogP contribution in [0.4, 0.5) is 8.78 Å². The number of hydrogen-bond acceptors (Lipinski definition) is 5. The van der Waals surface area contributed by atoms with Crippen molar-refractivity contribution in [2.45, 2.75) is 198 Å². The number of aromatic nitrogens is 8. The zero-order chi connectivity index (χ0) is 80.4. The molecular formula is C99H111F2Ir4N9Si-4. The molecule has 0 aliphatic rings. The molecular weight excluding hydrogens is 2150 g/mol. The molecule has 115 heavy (non-hydrogen) atoms. The van der Waals surface area contributed by atoms with Gasteiger partial charge in [0.1, 0.15) is 0 Å². The van der Waals surface area contributed by atoms with Gasteiger partial charge in [-0.05, 0) is 123 Å². The molecule has 0 unspecified atom stereocenters. The van der Waals surface area contributed by atoms with Crippen molar-refractivity contribution < 1.29 is 89.2 Å². The number of hydrogen-bond donors (Lipinski definition) is 0. The van der Waals surface area contributed by atoms with E-state index in [4.69, 9.17) is 15.3 Å². The summed E-state index contributed by atoms with van der Waals surface area (Å²) < 4.78 is 36.2. The zero-order valence-corrected chi connectivity index (χ0v) is 81.4. The number of halogens is 2. The van der Waals surface area contributed by atoms with Crippen LogP contribution >= 0.6 is 0 Å². The molecule has 13 rings (SSSR count). The summed E-state index contributed by atoms with van der Waals surface area (Å²) in [4.78, 5) is 0. The molecule has 0 bridgehead atoms. The maximum Gasteiger partial charge on any atom is 0.0636 e. The summed E-state index contributed by atoms with van der Waals surface area (Å²) in [5.41, 5.74) is 27.9. The third-order valence-electron chi connectivity index (χ3n) is 20.5. The molecule has 0 saturated heterocycles. The average Bonchev–Trinajstić information content (AvgIpc) is 1.62. The van der Waals surface area contributed by atoms with Gasteiger partial charge in [-0.25, -0.2) is 25.7 Å². The molecule has 16 heteroatoms. The first-order valence-corrected chi connectivity index (χ1v) is 42.9. The van der Waals surface area contributed by atoms with Gasteiger partial charge in [-0.15, -0.1) is 100 Å². The third kappa shape index (κ3) is 22.8. The fraction of sp³-hybridized carbons (Fsp3) is 0.323. The van der Waals surface area contributed by atoms with Crippen molar-refractivity contribution in [3.8, 4) is 101 Å². The van der Waals surface area contributed by atoms with Gasteiger partial charge in [0.2, 0.25) is 0 Å². The van der Waals surface area contributed by atoms with Gasteiger partial charge in [0.25, 0.3) is 0 Å². The van der Waals surface area contributed by atoms with E-state index in [0.717, 1.165) is 78.5 Å². The van der Waals surface area contributed by atoms with Crippen LogP contribution in [-0.2, 0) is 94.5 Å². The Hall–Kier alpha value is -8.02. The first-order valence-electron chi connectivity index (χ1n) is 39.4. The number of aryl methyl sites for hydroxylation is 2. The Balaban J connectivity index is 0.000000236. The van der Waals surface area contributed by atoms with E-state index >= 15 is 0 Å². The summed E-state index contributed by atoms with van der Waals surface area (Å²) in [6, 6.07) is 74.3. The Morgan fingerprint density at radius 2 is 0.652 bits per heavy atom. The molecule has 9 nitrogen and oxygen atoms in total. The average molecular weight is 2260 g/mol. The van der Waals surface area contributed by atoms with Crippen LogP contribution in [0.15, 0.2) is 201 Å². The molecule has 4 aromatic heterocycles. The van der Waals surface area contributed by atoms with Crippen molar-refractivity contribution in [1.82, 2.24) is 39.1 Å². The van der Waals surface area contributed by atoms with E-state index in [1.807, 2.05) is 108 Å². The van der Waals surface area contributed by atoms with Crippen molar-refractivity contribution >= 4 is 13.3 Å². The van der Waals surface area contributed by atoms with Gasteiger partial charge in [0.05, 0.1) is 5.69 Å². The Kier molecular flexibility index (Phi) is 35.3. The number of benzene rings is 9. The minimum Gasteiger partial charge on any atom is -0.285 e. The van der Waals surface area contributed by atoms with Gasteiger partial charge in [0.15, 0.2) is 0 Å². The van der Waals surface area contributed by atoms with E-state index in [1.165, 1.54) is 78.5 Å². The first kappa shape index (κ1) is 95.8. The molecule has 0 spiro atoms. The summed E-state index contributed by atoms with van der Waals surface area (Å²) >= 11 is 0. The van der Waals surface area contributed by atoms with Gasteiger partial charge in [0, 0.05) is 174 Å². The number of nitrogens with zero attached hydrogens (tertiary/aromatic N) is 9. The molecule has 9 aromatic carbocycles. The molecule has 0 saturated carbocycles. The third-order valence-corrected chi connectivity index (χ3v) is 22.5. The second-order valence-electron chi connectivity index (χ2n) is 32.9. The van der Waals surface area contributed by atoms with Crippen molar-refractivity contribution in [2.75, 3.05) is 0 Å². The minimum atomic E-state index is -1.46. The quantitative estimate of drug-likeness (QED) is 0.0594. The second-order valence-corrected chi connectivity index (χ2v) is 38.0. The molecule has 0 fully saturated rings. The summed E-state index contributed by atoms with van der Waals surface area (Å²) in [6.45, 7) is 46.8. The van der Waals surface area contributed by atoms with Crippen LogP contribution < -0.4 is 5.19 Å². The predicted octanol–water partition coefficient (Wildman–Crippen LogP) is 26.4. The van der Waals surface area contributed by atoms with Crippen LogP contribution in [0.1, 0.15) is 228 Å². The van der Waals surface area contributed by atoms with Crippen LogP contribution in [0.25, 0.3) is 95.2 Å². The molecule has 0 aliphatic carbocycles. The van der Waals surface area contributed by atoms with Gasteiger partial charge in [-0.3, -0.25) is 27.5 Å². The van der Waals surface area contributed by atoms with Gasteiger partial charge in [-0.2, -0.15) is 0 Å². The van der Waals surface area contributed by atoms with Gasteiger partial charge in [-0.1, -0.05) is 290 Å². The largest absolute Gasteiger partial charge is 0.285 e. The number of rotatable bonds is 19. The molecule has 0 atom stereocenters. The monoisotopic (exact) mass is 2260 g/mol. The van der Waals surface area contributed by atoms with Gasteiger partial charge >= 0.3 is 0 Å². The first-order chi connectivity index (χ1) is 52.8. The van der Waals surface area contributed by atoms with Crippen LogP contribution in [0.2, 0.25) is 19.6 Å². The van der Waals surface area contributed by atoms with Gasteiger partial charge < -0.3 is 0 Å². The van der Waals surface area contributed by atoms with Crippen molar-refractivity contribution in [3.63, 3.8) is 0 Å². The van der Waals surface area contributed by atoms with E-state index in [0.29, 0.717) is 52.9 Å². The summed E-state index contributed by atoms with van der Waals surface area (Å²) in [5.74, 6) is 2.42. The van der Waals surface area contributed by atoms with Crippen LogP contribution in [0.5, 0.6) is 0 Å². The Labute approximate surface area is 740 Å². The normalized spacial score (nSPS) is 11.2.